The van der Waals surface area contributed by atoms with Crippen LogP contribution >= 0.6 is 0 Å². The summed E-state index contributed by atoms with van der Waals surface area (Å²) in [6.45, 7) is 1.97. The lowest BCUT2D eigenvalue weighted by molar-refractivity contribution is -0.135. The van der Waals surface area contributed by atoms with Gasteiger partial charge in [0.05, 0.1) is 0 Å². The summed E-state index contributed by atoms with van der Waals surface area (Å²) in [5.41, 5.74) is 2.92. The van der Waals surface area contributed by atoms with Gasteiger partial charge >= 0.3 is 0 Å². The van der Waals surface area contributed by atoms with Gasteiger partial charge in [-0.15, -0.1) is 0 Å². The Hall–Kier alpha value is -2.42. The molecule has 1 fully saturated rings. The van der Waals surface area contributed by atoms with E-state index in [2.05, 4.69) is 17.4 Å². The molecule has 2 aromatic rings. The zero-order valence-corrected chi connectivity index (χ0v) is 11.9. The Bertz CT molecular complexity index is 658. The molecular formula is C18H17NO2. The number of imide groups is 1. The van der Waals surface area contributed by atoms with E-state index >= 15 is 0 Å². The highest BCUT2D eigenvalue weighted by Crippen LogP contribution is 2.34. The number of piperidine rings is 1. The molecule has 3 rings (SSSR count). The van der Waals surface area contributed by atoms with E-state index in [0.29, 0.717) is 12.8 Å². The summed E-state index contributed by atoms with van der Waals surface area (Å²) in [5, 5.41) is 2.36. The van der Waals surface area contributed by atoms with Gasteiger partial charge in [-0.1, -0.05) is 61.5 Å². The molecular weight excluding hydrogens is 262 g/mol. The van der Waals surface area contributed by atoms with Crippen molar-refractivity contribution in [3.63, 3.8) is 0 Å². The summed E-state index contributed by atoms with van der Waals surface area (Å²) in [6, 6.07) is 18.3. The van der Waals surface area contributed by atoms with Crippen molar-refractivity contribution in [3.8, 4) is 11.1 Å². The summed E-state index contributed by atoms with van der Waals surface area (Å²) in [6.07, 6.45) is 0.701. The minimum atomic E-state index is -0.408. The normalized spacial score (nSPS) is 17.4. The summed E-state index contributed by atoms with van der Waals surface area (Å²) in [7, 11) is 0. The van der Waals surface area contributed by atoms with Crippen molar-refractivity contribution < 1.29 is 9.59 Å². The van der Waals surface area contributed by atoms with Gasteiger partial charge in [-0.3, -0.25) is 14.9 Å². The van der Waals surface area contributed by atoms with Gasteiger partial charge in [0.1, 0.15) is 0 Å². The highest BCUT2D eigenvalue weighted by molar-refractivity contribution is 5.99. The molecule has 1 aliphatic rings. The Labute approximate surface area is 124 Å². The average Bonchev–Trinajstić information content (AvgIpc) is 2.47. The molecule has 1 heterocycles. The number of hydrogen-bond acceptors (Lipinski definition) is 2. The van der Waals surface area contributed by atoms with E-state index in [1.807, 2.05) is 49.4 Å². The van der Waals surface area contributed by atoms with Gasteiger partial charge in [0.15, 0.2) is 0 Å². The fourth-order valence-electron chi connectivity index (χ4n) is 2.91. The van der Waals surface area contributed by atoms with Crippen molar-refractivity contribution in [3.05, 3.63) is 60.2 Å². The second-order valence-electron chi connectivity index (χ2n) is 5.83. The third kappa shape index (κ3) is 2.72. The maximum Gasteiger partial charge on any atom is 0.227 e. The molecule has 0 bridgehead atoms. The van der Waals surface area contributed by atoms with E-state index in [1.165, 1.54) is 0 Å². The minimum Gasteiger partial charge on any atom is -0.296 e. The zero-order chi connectivity index (χ0) is 14.9. The number of benzene rings is 2. The standard InChI is InChI=1S/C18H17NO2/c1-18(11-16(20)19-17(21)12-18)15-9-7-14(8-10-15)13-5-3-2-4-6-13/h2-10H,11-12H2,1H3,(H,19,20,21). The monoisotopic (exact) mass is 279 g/mol. The van der Waals surface area contributed by atoms with E-state index in [9.17, 15) is 9.59 Å². The Kier molecular flexibility index (Phi) is 3.34. The number of carbonyl (C=O) groups is 2. The van der Waals surface area contributed by atoms with Crippen LogP contribution in [-0.4, -0.2) is 11.8 Å². The number of hydrogen-bond donors (Lipinski definition) is 1. The van der Waals surface area contributed by atoms with Crippen LogP contribution in [-0.2, 0) is 15.0 Å². The third-order valence-electron chi connectivity index (χ3n) is 4.07. The van der Waals surface area contributed by atoms with Crippen LogP contribution < -0.4 is 5.32 Å². The summed E-state index contributed by atoms with van der Waals surface area (Å²) in [5.74, 6) is -0.387. The predicted molar refractivity (Wildman–Crippen MR) is 81.6 cm³/mol. The van der Waals surface area contributed by atoms with Crippen LogP contribution in [0.2, 0.25) is 0 Å². The molecule has 0 saturated carbocycles. The molecule has 1 N–H and O–H groups in total. The van der Waals surface area contributed by atoms with Crippen molar-refractivity contribution >= 4 is 11.8 Å². The molecule has 0 aliphatic carbocycles. The van der Waals surface area contributed by atoms with E-state index in [-0.39, 0.29) is 11.8 Å². The van der Waals surface area contributed by atoms with E-state index < -0.39 is 5.41 Å². The van der Waals surface area contributed by atoms with Crippen LogP contribution in [0.4, 0.5) is 0 Å². The average molecular weight is 279 g/mol. The molecule has 2 aromatic carbocycles. The molecule has 0 atom stereocenters. The summed E-state index contributed by atoms with van der Waals surface area (Å²) >= 11 is 0. The number of amides is 2. The zero-order valence-electron chi connectivity index (χ0n) is 11.9. The fourth-order valence-corrected chi connectivity index (χ4v) is 2.91. The maximum absolute atomic E-state index is 11.6. The van der Waals surface area contributed by atoms with Crippen molar-refractivity contribution in [2.45, 2.75) is 25.2 Å². The first-order valence-electron chi connectivity index (χ1n) is 7.05. The smallest absolute Gasteiger partial charge is 0.227 e. The molecule has 0 radical (unpaired) electrons. The van der Waals surface area contributed by atoms with Crippen molar-refractivity contribution in [2.75, 3.05) is 0 Å². The van der Waals surface area contributed by atoms with Crippen molar-refractivity contribution in [1.82, 2.24) is 5.32 Å². The van der Waals surface area contributed by atoms with Gasteiger partial charge in [0, 0.05) is 18.3 Å². The second kappa shape index (κ2) is 5.17. The molecule has 106 valence electrons. The molecule has 1 aliphatic heterocycles. The lowest BCUT2D eigenvalue weighted by atomic mass is 9.74. The fraction of sp³-hybridized carbons (Fsp3) is 0.222. The second-order valence-corrected chi connectivity index (χ2v) is 5.83. The molecule has 2 amide bonds. The Morgan fingerprint density at radius 1 is 0.810 bits per heavy atom. The molecule has 1 saturated heterocycles. The van der Waals surface area contributed by atoms with Crippen LogP contribution in [0.15, 0.2) is 54.6 Å². The highest BCUT2D eigenvalue weighted by Gasteiger charge is 2.36. The van der Waals surface area contributed by atoms with Gasteiger partial charge < -0.3 is 0 Å². The lowest BCUT2D eigenvalue weighted by Crippen LogP contribution is -2.45. The van der Waals surface area contributed by atoms with Gasteiger partial charge in [-0.05, 0) is 16.7 Å². The minimum absolute atomic E-state index is 0.194. The Balaban J connectivity index is 1.90. The number of carbonyl (C=O) groups excluding carboxylic acids is 2. The van der Waals surface area contributed by atoms with Crippen LogP contribution in [0.3, 0.4) is 0 Å². The summed E-state index contributed by atoms with van der Waals surface area (Å²) < 4.78 is 0. The van der Waals surface area contributed by atoms with Gasteiger partial charge in [-0.25, -0.2) is 0 Å². The lowest BCUT2D eigenvalue weighted by Gasteiger charge is -2.32. The molecule has 0 spiro atoms. The van der Waals surface area contributed by atoms with E-state index in [0.717, 1.165) is 16.7 Å². The Morgan fingerprint density at radius 3 is 1.90 bits per heavy atom. The maximum atomic E-state index is 11.6. The first-order valence-corrected chi connectivity index (χ1v) is 7.05. The first-order chi connectivity index (χ1) is 10.1. The van der Waals surface area contributed by atoms with E-state index in [4.69, 9.17) is 0 Å². The predicted octanol–water partition coefficient (Wildman–Crippen LogP) is 3.05. The third-order valence-corrected chi connectivity index (χ3v) is 4.07. The SMILES string of the molecule is CC1(c2ccc(-c3ccccc3)cc2)CC(=O)NC(=O)C1. The van der Waals surface area contributed by atoms with Crippen LogP contribution in [0.5, 0.6) is 0 Å². The number of nitrogens with one attached hydrogen (secondary N) is 1. The Morgan fingerprint density at radius 2 is 1.33 bits per heavy atom. The molecule has 0 aromatic heterocycles. The van der Waals surface area contributed by atoms with Crippen molar-refractivity contribution in [1.29, 1.82) is 0 Å². The van der Waals surface area contributed by atoms with Crippen molar-refractivity contribution in [2.24, 2.45) is 0 Å². The van der Waals surface area contributed by atoms with Gasteiger partial charge in [-0.2, -0.15) is 0 Å². The quantitative estimate of drug-likeness (QED) is 0.859. The van der Waals surface area contributed by atoms with Gasteiger partial charge in [0.2, 0.25) is 11.8 Å². The van der Waals surface area contributed by atoms with E-state index in [1.54, 1.807) is 0 Å². The van der Waals surface area contributed by atoms with Gasteiger partial charge in [0.25, 0.3) is 0 Å². The molecule has 21 heavy (non-hydrogen) atoms. The topological polar surface area (TPSA) is 46.2 Å². The van der Waals surface area contributed by atoms with Crippen LogP contribution in [0.1, 0.15) is 25.3 Å². The largest absolute Gasteiger partial charge is 0.296 e. The molecule has 0 unspecified atom stereocenters. The highest BCUT2D eigenvalue weighted by atomic mass is 16.2. The molecule has 3 nitrogen and oxygen atoms in total. The summed E-state index contributed by atoms with van der Waals surface area (Å²) in [4.78, 5) is 23.2. The van der Waals surface area contributed by atoms with Crippen LogP contribution in [0, 0.1) is 0 Å². The molecule has 3 heteroatoms. The first kappa shape index (κ1) is 13.6. The number of rotatable bonds is 2. The van der Waals surface area contributed by atoms with Crippen LogP contribution in [0.25, 0.3) is 11.1 Å².